The average molecular weight is 331 g/mol. The molecule has 1 aliphatic carbocycles. The van der Waals surface area contributed by atoms with Gasteiger partial charge in [-0.15, -0.1) is 12.6 Å². The van der Waals surface area contributed by atoms with Crippen molar-refractivity contribution in [3.63, 3.8) is 0 Å². The number of benzene rings is 1. The normalized spacial score (nSPS) is 32.0. The fourth-order valence-corrected chi connectivity index (χ4v) is 4.08. The Kier molecular flexibility index (Phi) is 4.95. The van der Waals surface area contributed by atoms with Crippen molar-refractivity contribution >= 4 is 18.4 Å². The Balaban J connectivity index is 2.02. The number of carbonyl (C=O) groups is 1. The van der Waals surface area contributed by atoms with Crippen LogP contribution in [0.1, 0.15) is 30.6 Å². The van der Waals surface area contributed by atoms with Crippen LogP contribution >= 0.6 is 12.6 Å². The standard InChI is InChI=1S/C19H25NO2S/c1-14-4-3-9-19(15(14)2,20-10-12-22-13-11-20)18(21)16-5-7-17(23)8-6-16/h3-8,14-15,23H,9-13H2,1-2H3. The second-order valence-electron chi connectivity index (χ2n) is 6.68. The molecule has 1 saturated heterocycles. The summed E-state index contributed by atoms with van der Waals surface area (Å²) in [5.74, 6) is 0.893. The van der Waals surface area contributed by atoms with Gasteiger partial charge in [-0.3, -0.25) is 9.69 Å². The molecule has 3 unspecified atom stereocenters. The van der Waals surface area contributed by atoms with Crippen molar-refractivity contribution in [1.82, 2.24) is 4.90 Å². The highest BCUT2D eigenvalue weighted by Crippen LogP contribution is 2.41. The summed E-state index contributed by atoms with van der Waals surface area (Å²) in [4.78, 5) is 16.8. The quantitative estimate of drug-likeness (QED) is 0.522. The van der Waals surface area contributed by atoms with Crippen molar-refractivity contribution in [3.8, 4) is 0 Å². The lowest BCUT2D eigenvalue weighted by Gasteiger charge is -2.50. The largest absolute Gasteiger partial charge is 0.379 e. The van der Waals surface area contributed by atoms with Gasteiger partial charge in [0, 0.05) is 23.5 Å². The Morgan fingerprint density at radius 2 is 1.87 bits per heavy atom. The van der Waals surface area contributed by atoms with Gasteiger partial charge in [0.25, 0.3) is 0 Å². The van der Waals surface area contributed by atoms with Crippen molar-refractivity contribution < 1.29 is 9.53 Å². The van der Waals surface area contributed by atoms with Crippen LogP contribution in [-0.4, -0.2) is 42.5 Å². The van der Waals surface area contributed by atoms with Crippen molar-refractivity contribution in [2.75, 3.05) is 26.3 Å². The molecule has 1 heterocycles. The third-order valence-electron chi connectivity index (χ3n) is 5.51. The number of Topliss-reactive ketones (excluding diaryl/α,β-unsaturated/α-hetero) is 1. The lowest BCUT2D eigenvalue weighted by atomic mass is 9.67. The van der Waals surface area contributed by atoms with Gasteiger partial charge in [-0.25, -0.2) is 0 Å². The summed E-state index contributed by atoms with van der Waals surface area (Å²) in [5, 5.41) is 0. The number of nitrogens with zero attached hydrogens (tertiary/aromatic N) is 1. The number of ether oxygens (including phenoxy) is 1. The smallest absolute Gasteiger partial charge is 0.183 e. The minimum atomic E-state index is -0.462. The average Bonchev–Trinajstić information content (AvgIpc) is 2.58. The molecular formula is C19H25NO2S. The van der Waals surface area contributed by atoms with E-state index >= 15 is 0 Å². The first-order chi connectivity index (χ1) is 11.1. The summed E-state index contributed by atoms with van der Waals surface area (Å²) >= 11 is 4.33. The van der Waals surface area contributed by atoms with E-state index in [1.165, 1.54) is 0 Å². The van der Waals surface area contributed by atoms with Crippen LogP contribution in [-0.2, 0) is 4.74 Å². The molecule has 1 aliphatic heterocycles. The molecule has 0 saturated carbocycles. The Bertz CT molecular complexity index is 592. The molecule has 0 N–H and O–H groups in total. The van der Waals surface area contributed by atoms with Gasteiger partial charge in [-0.1, -0.05) is 38.1 Å². The van der Waals surface area contributed by atoms with Gasteiger partial charge in [-0.2, -0.15) is 0 Å². The zero-order valence-corrected chi connectivity index (χ0v) is 14.8. The fraction of sp³-hybridized carbons (Fsp3) is 0.526. The SMILES string of the molecule is CC1C=CCC(C(=O)c2ccc(S)cc2)(N2CCOCC2)C1C. The molecule has 1 aromatic rings. The van der Waals surface area contributed by atoms with E-state index in [-0.39, 0.29) is 11.7 Å². The molecule has 0 amide bonds. The minimum Gasteiger partial charge on any atom is -0.379 e. The van der Waals surface area contributed by atoms with E-state index in [2.05, 4.69) is 43.5 Å². The van der Waals surface area contributed by atoms with Gasteiger partial charge >= 0.3 is 0 Å². The van der Waals surface area contributed by atoms with Crippen LogP contribution in [0.25, 0.3) is 0 Å². The molecule has 2 aliphatic rings. The molecule has 4 heteroatoms. The number of hydrogen-bond donors (Lipinski definition) is 1. The van der Waals surface area contributed by atoms with Gasteiger partial charge in [-0.05, 0) is 30.4 Å². The second-order valence-corrected chi connectivity index (χ2v) is 7.20. The molecule has 23 heavy (non-hydrogen) atoms. The van der Waals surface area contributed by atoms with Crippen LogP contribution in [0.4, 0.5) is 0 Å². The molecule has 0 spiro atoms. The fourth-order valence-electron chi connectivity index (χ4n) is 3.94. The van der Waals surface area contributed by atoms with Gasteiger partial charge in [0.2, 0.25) is 0 Å². The lowest BCUT2D eigenvalue weighted by Crippen LogP contribution is -2.63. The van der Waals surface area contributed by atoms with E-state index in [0.717, 1.165) is 30.0 Å². The van der Waals surface area contributed by atoms with Crippen molar-refractivity contribution in [1.29, 1.82) is 0 Å². The number of hydrogen-bond acceptors (Lipinski definition) is 4. The Morgan fingerprint density at radius 3 is 2.52 bits per heavy atom. The molecule has 3 nitrogen and oxygen atoms in total. The summed E-state index contributed by atoms with van der Waals surface area (Å²) < 4.78 is 5.52. The highest BCUT2D eigenvalue weighted by atomic mass is 32.1. The first-order valence-electron chi connectivity index (χ1n) is 8.39. The van der Waals surface area contributed by atoms with E-state index in [9.17, 15) is 4.79 Å². The Hall–Kier alpha value is -1.10. The van der Waals surface area contributed by atoms with Gasteiger partial charge < -0.3 is 4.74 Å². The molecule has 3 atom stereocenters. The first kappa shape index (κ1) is 16.7. The third-order valence-corrected chi connectivity index (χ3v) is 5.81. The van der Waals surface area contributed by atoms with E-state index in [1.807, 2.05) is 24.3 Å². The van der Waals surface area contributed by atoms with Crippen LogP contribution < -0.4 is 0 Å². The summed E-state index contributed by atoms with van der Waals surface area (Å²) in [7, 11) is 0. The zero-order valence-electron chi connectivity index (χ0n) is 13.9. The maximum Gasteiger partial charge on any atom is 0.183 e. The number of thiol groups is 1. The summed E-state index contributed by atoms with van der Waals surface area (Å²) in [6.45, 7) is 7.47. The first-order valence-corrected chi connectivity index (χ1v) is 8.83. The maximum atomic E-state index is 13.5. The third kappa shape index (κ3) is 3.00. The van der Waals surface area contributed by atoms with Gasteiger partial charge in [0.05, 0.1) is 18.8 Å². The van der Waals surface area contributed by atoms with Crippen molar-refractivity contribution in [3.05, 3.63) is 42.0 Å². The van der Waals surface area contributed by atoms with Crippen molar-refractivity contribution in [2.24, 2.45) is 11.8 Å². The number of carbonyl (C=O) groups excluding carboxylic acids is 1. The van der Waals surface area contributed by atoms with Crippen LogP contribution in [0.2, 0.25) is 0 Å². The molecule has 0 bridgehead atoms. The highest BCUT2D eigenvalue weighted by Gasteiger charge is 2.50. The summed E-state index contributed by atoms with van der Waals surface area (Å²) in [6.07, 6.45) is 5.21. The molecule has 124 valence electrons. The second kappa shape index (κ2) is 6.80. The van der Waals surface area contributed by atoms with E-state index in [0.29, 0.717) is 19.1 Å². The summed E-state index contributed by atoms with van der Waals surface area (Å²) in [5.41, 5.74) is 0.319. The van der Waals surface area contributed by atoms with E-state index < -0.39 is 5.54 Å². The number of ketones is 1. The Labute approximate surface area is 144 Å². The van der Waals surface area contributed by atoms with Crippen LogP contribution in [0, 0.1) is 11.8 Å². The predicted octanol–water partition coefficient (Wildman–Crippen LogP) is 3.46. The van der Waals surface area contributed by atoms with E-state index in [1.54, 1.807) is 0 Å². The monoisotopic (exact) mass is 331 g/mol. The Morgan fingerprint density at radius 1 is 1.22 bits per heavy atom. The maximum absolute atomic E-state index is 13.5. The number of rotatable bonds is 3. The van der Waals surface area contributed by atoms with Crippen LogP contribution in [0.5, 0.6) is 0 Å². The lowest BCUT2D eigenvalue weighted by molar-refractivity contribution is -0.0389. The molecule has 1 aromatic carbocycles. The molecule has 0 radical (unpaired) electrons. The van der Waals surface area contributed by atoms with Crippen LogP contribution in [0.15, 0.2) is 41.3 Å². The van der Waals surface area contributed by atoms with Gasteiger partial charge in [0.15, 0.2) is 5.78 Å². The number of morpholine rings is 1. The molecule has 1 fully saturated rings. The topological polar surface area (TPSA) is 29.5 Å². The molecular weight excluding hydrogens is 306 g/mol. The van der Waals surface area contributed by atoms with E-state index in [4.69, 9.17) is 4.74 Å². The highest BCUT2D eigenvalue weighted by molar-refractivity contribution is 7.80. The molecule has 3 rings (SSSR count). The predicted molar refractivity (Wildman–Crippen MR) is 95.2 cm³/mol. The summed E-state index contributed by atoms with van der Waals surface area (Å²) in [6, 6.07) is 7.61. The number of allylic oxidation sites excluding steroid dienone is 1. The van der Waals surface area contributed by atoms with Crippen LogP contribution in [0.3, 0.4) is 0 Å². The van der Waals surface area contributed by atoms with Gasteiger partial charge in [0.1, 0.15) is 0 Å². The zero-order chi connectivity index (χ0) is 16.4. The molecule has 0 aromatic heterocycles. The minimum absolute atomic E-state index is 0.233. The van der Waals surface area contributed by atoms with Crippen molar-refractivity contribution in [2.45, 2.75) is 30.7 Å².